The Labute approximate surface area is 139 Å². The molecular formula is C18H19NO5. The molecule has 3 aliphatic heterocycles. The molecule has 2 fully saturated rings. The molecule has 4 atom stereocenters. The molecule has 4 rings (SSSR count). The zero-order valence-electron chi connectivity index (χ0n) is 13.3. The Kier molecular flexibility index (Phi) is 3.47. The summed E-state index contributed by atoms with van der Waals surface area (Å²) < 4.78 is 11.2. The SMILES string of the molecule is CCCOc1ccc(N2C(=O)[C@H]3[C@@H](C2=O)[C@@]2(CO)C=C[C@H]3O2)cc1. The number of hydrogen-bond acceptors (Lipinski definition) is 5. The second-order valence-corrected chi connectivity index (χ2v) is 6.41. The van der Waals surface area contributed by atoms with Gasteiger partial charge in [0.1, 0.15) is 11.4 Å². The lowest BCUT2D eigenvalue weighted by atomic mass is 9.77. The topological polar surface area (TPSA) is 76.1 Å². The third kappa shape index (κ3) is 1.96. The van der Waals surface area contributed by atoms with Crippen molar-refractivity contribution in [1.82, 2.24) is 0 Å². The highest BCUT2D eigenvalue weighted by Crippen LogP contribution is 2.52. The normalized spacial score (nSPS) is 33.4. The van der Waals surface area contributed by atoms with Crippen molar-refractivity contribution in [2.24, 2.45) is 11.8 Å². The van der Waals surface area contributed by atoms with Crippen molar-refractivity contribution < 1.29 is 24.2 Å². The number of imide groups is 1. The number of benzene rings is 1. The number of amides is 2. The van der Waals surface area contributed by atoms with Gasteiger partial charge in [0.15, 0.2) is 0 Å². The molecule has 24 heavy (non-hydrogen) atoms. The van der Waals surface area contributed by atoms with Gasteiger partial charge in [0.05, 0.1) is 36.8 Å². The molecular weight excluding hydrogens is 310 g/mol. The predicted molar refractivity (Wildman–Crippen MR) is 85.5 cm³/mol. The molecule has 2 amide bonds. The van der Waals surface area contributed by atoms with Crippen molar-refractivity contribution in [2.45, 2.75) is 25.0 Å². The molecule has 0 spiro atoms. The van der Waals surface area contributed by atoms with Gasteiger partial charge >= 0.3 is 0 Å². The lowest BCUT2D eigenvalue weighted by Gasteiger charge is -2.26. The predicted octanol–water partition coefficient (Wildman–Crippen LogP) is 1.28. The molecule has 2 saturated heterocycles. The summed E-state index contributed by atoms with van der Waals surface area (Å²) in [7, 11) is 0. The average molecular weight is 329 g/mol. The van der Waals surface area contributed by atoms with E-state index in [0.717, 1.165) is 6.42 Å². The molecule has 0 unspecified atom stereocenters. The molecule has 6 heteroatoms. The van der Waals surface area contributed by atoms with Crippen molar-refractivity contribution in [3.63, 3.8) is 0 Å². The van der Waals surface area contributed by atoms with Crippen LogP contribution < -0.4 is 9.64 Å². The summed E-state index contributed by atoms with van der Waals surface area (Å²) in [4.78, 5) is 26.9. The molecule has 0 radical (unpaired) electrons. The summed E-state index contributed by atoms with van der Waals surface area (Å²) in [5.74, 6) is -1.08. The van der Waals surface area contributed by atoms with Gasteiger partial charge in [-0.05, 0) is 30.7 Å². The number of hydrogen-bond donors (Lipinski definition) is 1. The molecule has 3 heterocycles. The van der Waals surface area contributed by atoms with E-state index in [4.69, 9.17) is 9.47 Å². The highest BCUT2D eigenvalue weighted by atomic mass is 16.5. The van der Waals surface area contributed by atoms with Gasteiger partial charge in [0.25, 0.3) is 0 Å². The quantitative estimate of drug-likeness (QED) is 0.650. The molecule has 2 bridgehead atoms. The number of carbonyl (C=O) groups excluding carboxylic acids is 2. The van der Waals surface area contributed by atoms with Gasteiger partial charge < -0.3 is 14.6 Å². The molecule has 1 aromatic rings. The van der Waals surface area contributed by atoms with Crippen LogP contribution in [0.15, 0.2) is 36.4 Å². The lowest BCUT2D eigenvalue weighted by molar-refractivity contribution is -0.128. The van der Waals surface area contributed by atoms with Crippen LogP contribution in [-0.4, -0.2) is 41.8 Å². The number of anilines is 1. The van der Waals surface area contributed by atoms with Crippen molar-refractivity contribution in [2.75, 3.05) is 18.1 Å². The highest BCUT2D eigenvalue weighted by molar-refractivity contribution is 6.23. The molecule has 0 aromatic heterocycles. The van der Waals surface area contributed by atoms with Gasteiger partial charge in [0.2, 0.25) is 11.8 Å². The number of carbonyl (C=O) groups is 2. The maximum atomic E-state index is 12.9. The number of fused-ring (bicyclic) bond motifs is 5. The Bertz CT molecular complexity index is 713. The molecule has 1 aromatic carbocycles. The van der Waals surface area contributed by atoms with Crippen molar-refractivity contribution in [3.8, 4) is 5.75 Å². The van der Waals surface area contributed by atoms with Crippen LogP contribution in [0.25, 0.3) is 0 Å². The molecule has 126 valence electrons. The Balaban J connectivity index is 1.62. The zero-order chi connectivity index (χ0) is 16.9. The summed E-state index contributed by atoms with van der Waals surface area (Å²) in [6, 6.07) is 6.93. The standard InChI is InChI=1S/C18H19NO5/c1-2-9-23-12-5-3-11(4-6-12)19-16(21)14-13-7-8-18(10-20,24-13)15(14)17(19)22/h3-8,13-15,20H,2,9-10H2,1H3/t13-,14-,15+,18+/m1/s1. The van der Waals surface area contributed by atoms with Crippen LogP contribution in [0, 0.1) is 11.8 Å². The van der Waals surface area contributed by atoms with E-state index in [0.29, 0.717) is 18.0 Å². The summed E-state index contributed by atoms with van der Waals surface area (Å²) in [5.41, 5.74) is -0.531. The second-order valence-electron chi connectivity index (χ2n) is 6.41. The van der Waals surface area contributed by atoms with Crippen molar-refractivity contribution in [3.05, 3.63) is 36.4 Å². The maximum Gasteiger partial charge on any atom is 0.241 e. The maximum absolute atomic E-state index is 12.9. The summed E-state index contributed by atoms with van der Waals surface area (Å²) in [6.45, 7) is 2.34. The lowest BCUT2D eigenvalue weighted by Crippen LogP contribution is -2.43. The highest BCUT2D eigenvalue weighted by Gasteiger charge is 2.67. The Morgan fingerprint density at radius 3 is 2.67 bits per heavy atom. The van der Waals surface area contributed by atoms with Gasteiger partial charge in [-0.2, -0.15) is 0 Å². The Morgan fingerprint density at radius 1 is 1.25 bits per heavy atom. The van der Waals surface area contributed by atoms with E-state index in [1.54, 1.807) is 36.4 Å². The Hall–Kier alpha value is -2.18. The largest absolute Gasteiger partial charge is 0.494 e. The summed E-state index contributed by atoms with van der Waals surface area (Å²) in [5, 5.41) is 9.70. The summed E-state index contributed by atoms with van der Waals surface area (Å²) >= 11 is 0. The van der Waals surface area contributed by atoms with Crippen LogP contribution >= 0.6 is 0 Å². The number of aliphatic hydroxyl groups excluding tert-OH is 1. The fraction of sp³-hybridized carbons (Fsp3) is 0.444. The fourth-order valence-corrected chi connectivity index (χ4v) is 3.85. The third-order valence-corrected chi connectivity index (χ3v) is 4.97. The summed E-state index contributed by atoms with van der Waals surface area (Å²) in [6.07, 6.45) is 3.96. The first-order valence-electron chi connectivity index (χ1n) is 8.20. The Morgan fingerprint density at radius 2 is 2.00 bits per heavy atom. The van der Waals surface area contributed by atoms with Gasteiger partial charge in [-0.25, -0.2) is 4.90 Å². The molecule has 1 N–H and O–H groups in total. The third-order valence-electron chi connectivity index (χ3n) is 4.97. The van der Waals surface area contributed by atoms with Gasteiger partial charge in [0, 0.05) is 0 Å². The van der Waals surface area contributed by atoms with Crippen LogP contribution in [0.5, 0.6) is 5.75 Å². The second kappa shape index (κ2) is 5.43. The van der Waals surface area contributed by atoms with Gasteiger partial charge in [-0.3, -0.25) is 9.59 Å². The molecule has 6 nitrogen and oxygen atoms in total. The number of rotatable bonds is 5. The van der Waals surface area contributed by atoms with E-state index < -0.39 is 23.5 Å². The van der Waals surface area contributed by atoms with Crippen molar-refractivity contribution >= 4 is 17.5 Å². The first kappa shape index (κ1) is 15.4. The van der Waals surface area contributed by atoms with Crippen molar-refractivity contribution in [1.29, 1.82) is 0 Å². The minimum atomic E-state index is -1.05. The van der Waals surface area contributed by atoms with Gasteiger partial charge in [-0.1, -0.05) is 19.1 Å². The average Bonchev–Trinajstić information content (AvgIpc) is 3.25. The smallest absolute Gasteiger partial charge is 0.241 e. The first-order chi connectivity index (χ1) is 11.6. The number of nitrogens with zero attached hydrogens (tertiary/aromatic N) is 1. The number of aliphatic hydroxyl groups is 1. The van der Waals surface area contributed by atoms with E-state index in [1.807, 2.05) is 6.92 Å². The van der Waals surface area contributed by atoms with Gasteiger partial charge in [-0.15, -0.1) is 0 Å². The van der Waals surface area contributed by atoms with E-state index >= 15 is 0 Å². The van der Waals surface area contributed by atoms with E-state index in [1.165, 1.54) is 4.90 Å². The minimum absolute atomic E-state index is 0.267. The molecule has 0 aliphatic carbocycles. The number of ether oxygens (including phenoxy) is 2. The molecule has 0 saturated carbocycles. The zero-order valence-corrected chi connectivity index (χ0v) is 13.3. The molecule has 3 aliphatic rings. The van der Waals surface area contributed by atoms with E-state index in [-0.39, 0.29) is 18.4 Å². The van der Waals surface area contributed by atoms with Crippen LogP contribution in [0.4, 0.5) is 5.69 Å². The van der Waals surface area contributed by atoms with E-state index in [9.17, 15) is 14.7 Å². The first-order valence-corrected chi connectivity index (χ1v) is 8.20. The minimum Gasteiger partial charge on any atom is -0.494 e. The van der Waals surface area contributed by atoms with Crippen LogP contribution in [0.2, 0.25) is 0 Å². The monoisotopic (exact) mass is 329 g/mol. The van der Waals surface area contributed by atoms with Crippen LogP contribution in [0.1, 0.15) is 13.3 Å². The van der Waals surface area contributed by atoms with Crippen LogP contribution in [0.3, 0.4) is 0 Å². The fourth-order valence-electron chi connectivity index (χ4n) is 3.85. The van der Waals surface area contributed by atoms with E-state index in [2.05, 4.69) is 0 Å². The van der Waals surface area contributed by atoms with Crippen LogP contribution in [-0.2, 0) is 14.3 Å².